The van der Waals surface area contributed by atoms with Gasteiger partial charge in [0.15, 0.2) is 12.4 Å². The Morgan fingerprint density at radius 3 is 2.31 bits per heavy atom. The third kappa shape index (κ3) is 1.98. The lowest BCUT2D eigenvalue weighted by atomic mass is 10.1. The number of rotatable bonds is 2. The molecule has 1 heterocycles. The van der Waals surface area contributed by atoms with Gasteiger partial charge in [-0.1, -0.05) is 0 Å². The molecule has 78 valence electrons. The fourth-order valence-electron chi connectivity index (χ4n) is 1.16. The summed E-state index contributed by atoms with van der Waals surface area (Å²) in [6, 6.07) is 0. The number of hydrogen-bond acceptors (Lipinski definition) is 3. The SMILES string of the molecule is CC(C)OC1OC(C)C(F)(F)C1O. The zero-order chi connectivity index (χ0) is 10.2. The van der Waals surface area contributed by atoms with Crippen molar-refractivity contribution in [3.8, 4) is 0 Å². The van der Waals surface area contributed by atoms with E-state index in [1.807, 2.05) is 0 Å². The van der Waals surface area contributed by atoms with Gasteiger partial charge in [0, 0.05) is 0 Å². The molecule has 13 heavy (non-hydrogen) atoms. The highest BCUT2D eigenvalue weighted by Crippen LogP contribution is 2.36. The van der Waals surface area contributed by atoms with Gasteiger partial charge in [-0.15, -0.1) is 0 Å². The van der Waals surface area contributed by atoms with Gasteiger partial charge in [-0.25, -0.2) is 8.78 Å². The van der Waals surface area contributed by atoms with Crippen LogP contribution in [0.2, 0.25) is 0 Å². The Morgan fingerprint density at radius 2 is 2.00 bits per heavy atom. The van der Waals surface area contributed by atoms with Gasteiger partial charge in [-0.2, -0.15) is 0 Å². The minimum absolute atomic E-state index is 0.249. The number of aliphatic hydroxyl groups is 1. The maximum atomic E-state index is 13.0. The molecule has 0 aromatic carbocycles. The first-order valence-electron chi connectivity index (χ1n) is 4.22. The van der Waals surface area contributed by atoms with Crippen molar-refractivity contribution in [3.05, 3.63) is 0 Å². The molecule has 0 amide bonds. The van der Waals surface area contributed by atoms with Crippen LogP contribution >= 0.6 is 0 Å². The number of halogens is 2. The molecule has 0 aliphatic carbocycles. The quantitative estimate of drug-likeness (QED) is 0.720. The second-order valence-electron chi connectivity index (χ2n) is 3.45. The minimum atomic E-state index is -3.22. The second-order valence-corrected chi connectivity index (χ2v) is 3.45. The van der Waals surface area contributed by atoms with Crippen LogP contribution in [0.15, 0.2) is 0 Å². The second kappa shape index (κ2) is 3.48. The van der Waals surface area contributed by atoms with Crippen molar-refractivity contribution < 1.29 is 23.4 Å². The third-order valence-electron chi connectivity index (χ3n) is 1.94. The predicted molar refractivity (Wildman–Crippen MR) is 41.5 cm³/mol. The zero-order valence-electron chi connectivity index (χ0n) is 7.83. The molecule has 0 aromatic rings. The fraction of sp³-hybridized carbons (Fsp3) is 1.00. The van der Waals surface area contributed by atoms with Gasteiger partial charge < -0.3 is 14.6 Å². The van der Waals surface area contributed by atoms with Crippen LogP contribution < -0.4 is 0 Å². The molecule has 3 atom stereocenters. The molecule has 0 aromatic heterocycles. The first-order chi connectivity index (χ1) is 5.85. The lowest BCUT2D eigenvalue weighted by Gasteiger charge is -2.18. The van der Waals surface area contributed by atoms with E-state index >= 15 is 0 Å². The van der Waals surface area contributed by atoms with Crippen molar-refractivity contribution >= 4 is 0 Å². The number of ether oxygens (including phenoxy) is 2. The molecule has 1 fully saturated rings. The molecule has 0 spiro atoms. The molecule has 1 aliphatic rings. The highest BCUT2D eigenvalue weighted by Gasteiger charge is 2.57. The average Bonchev–Trinajstić information content (AvgIpc) is 2.15. The lowest BCUT2D eigenvalue weighted by Crippen LogP contribution is -2.40. The summed E-state index contributed by atoms with van der Waals surface area (Å²) in [5.41, 5.74) is 0. The fourth-order valence-corrected chi connectivity index (χ4v) is 1.16. The average molecular weight is 196 g/mol. The van der Waals surface area contributed by atoms with Gasteiger partial charge in [-0.05, 0) is 20.8 Å². The summed E-state index contributed by atoms with van der Waals surface area (Å²) >= 11 is 0. The maximum Gasteiger partial charge on any atom is 0.303 e. The van der Waals surface area contributed by atoms with E-state index in [0.717, 1.165) is 0 Å². The maximum absolute atomic E-state index is 13.0. The van der Waals surface area contributed by atoms with Gasteiger partial charge in [0.1, 0.15) is 6.10 Å². The predicted octanol–water partition coefficient (Wildman–Crippen LogP) is 1.15. The van der Waals surface area contributed by atoms with Crippen molar-refractivity contribution in [2.45, 2.75) is 51.3 Å². The molecule has 1 saturated heterocycles. The first-order valence-corrected chi connectivity index (χ1v) is 4.22. The Morgan fingerprint density at radius 1 is 1.46 bits per heavy atom. The molecular weight excluding hydrogens is 182 g/mol. The van der Waals surface area contributed by atoms with Crippen molar-refractivity contribution in [2.24, 2.45) is 0 Å². The molecular formula is C8H14F2O3. The summed E-state index contributed by atoms with van der Waals surface area (Å²) in [6.45, 7) is 4.60. The number of alkyl halides is 2. The van der Waals surface area contributed by atoms with Crippen molar-refractivity contribution in [2.75, 3.05) is 0 Å². The normalized spacial score (nSPS) is 38.5. The lowest BCUT2D eigenvalue weighted by molar-refractivity contribution is -0.183. The zero-order valence-corrected chi connectivity index (χ0v) is 7.83. The van der Waals surface area contributed by atoms with Crippen LogP contribution in [-0.2, 0) is 9.47 Å². The third-order valence-corrected chi connectivity index (χ3v) is 1.94. The summed E-state index contributed by atoms with van der Waals surface area (Å²) in [5.74, 6) is -3.22. The molecule has 3 nitrogen and oxygen atoms in total. The molecule has 1 N–H and O–H groups in total. The topological polar surface area (TPSA) is 38.7 Å². The number of hydrogen-bond donors (Lipinski definition) is 1. The summed E-state index contributed by atoms with van der Waals surface area (Å²) < 4.78 is 35.7. The molecule has 0 bridgehead atoms. The van der Waals surface area contributed by atoms with Gasteiger partial charge in [0.2, 0.25) is 0 Å². The summed E-state index contributed by atoms with van der Waals surface area (Å²) in [5, 5.41) is 9.14. The van der Waals surface area contributed by atoms with E-state index in [1.165, 1.54) is 6.92 Å². The van der Waals surface area contributed by atoms with Crippen molar-refractivity contribution in [1.82, 2.24) is 0 Å². The van der Waals surface area contributed by atoms with E-state index in [-0.39, 0.29) is 6.10 Å². The van der Waals surface area contributed by atoms with Crippen LogP contribution in [-0.4, -0.2) is 35.6 Å². The van der Waals surface area contributed by atoms with E-state index in [0.29, 0.717) is 0 Å². The number of aliphatic hydroxyl groups excluding tert-OH is 1. The largest absolute Gasteiger partial charge is 0.382 e. The van der Waals surface area contributed by atoms with Crippen LogP contribution in [0.5, 0.6) is 0 Å². The summed E-state index contributed by atoms with van der Waals surface area (Å²) in [7, 11) is 0. The monoisotopic (exact) mass is 196 g/mol. The van der Waals surface area contributed by atoms with E-state index in [1.54, 1.807) is 13.8 Å². The standard InChI is InChI=1S/C8H14F2O3/c1-4(2)12-7-6(11)8(9,10)5(3)13-7/h4-7,11H,1-3H3. The van der Waals surface area contributed by atoms with E-state index in [4.69, 9.17) is 14.6 Å². The van der Waals surface area contributed by atoms with Crippen LogP contribution in [0.1, 0.15) is 20.8 Å². The van der Waals surface area contributed by atoms with Gasteiger partial charge in [0.25, 0.3) is 0 Å². The van der Waals surface area contributed by atoms with Crippen LogP contribution in [0, 0.1) is 0 Å². The van der Waals surface area contributed by atoms with Crippen LogP contribution in [0.25, 0.3) is 0 Å². The van der Waals surface area contributed by atoms with E-state index in [9.17, 15) is 8.78 Å². The summed E-state index contributed by atoms with van der Waals surface area (Å²) in [4.78, 5) is 0. The Hall–Kier alpha value is -0.260. The molecule has 5 heteroatoms. The molecule has 1 aliphatic heterocycles. The molecule has 0 radical (unpaired) electrons. The Balaban J connectivity index is 2.62. The van der Waals surface area contributed by atoms with Crippen LogP contribution in [0.4, 0.5) is 8.78 Å². The van der Waals surface area contributed by atoms with Gasteiger partial charge in [0.05, 0.1) is 6.10 Å². The van der Waals surface area contributed by atoms with Crippen molar-refractivity contribution in [1.29, 1.82) is 0 Å². The van der Waals surface area contributed by atoms with E-state index in [2.05, 4.69) is 0 Å². The molecule has 3 unspecified atom stereocenters. The molecule has 1 rings (SSSR count). The Bertz CT molecular complexity index is 184. The molecule has 0 saturated carbocycles. The van der Waals surface area contributed by atoms with Crippen molar-refractivity contribution in [3.63, 3.8) is 0 Å². The minimum Gasteiger partial charge on any atom is -0.382 e. The van der Waals surface area contributed by atoms with E-state index < -0.39 is 24.4 Å². The van der Waals surface area contributed by atoms with Gasteiger partial charge >= 0.3 is 5.92 Å². The summed E-state index contributed by atoms with van der Waals surface area (Å²) in [6.07, 6.45) is -4.64. The van der Waals surface area contributed by atoms with Crippen LogP contribution in [0.3, 0.4) is 0 Å². The van der Waals surface area contributed by atoms with Gasteiger partial charge in [-0.3, -0.25) is 0 Å². The highest BCUT2D eigenvalue weighted by atomic mass is 19.3. The Labute approximate surface area is 75.6 Å². The smallest absolute Gasteiger partial charge is 0.303 e. The first kappa shape index (κ1) is 10.8. The highest BCUT2D eigenvalue weighted by molar-refractivity contribution is 4.91. The Kier molecular flexibility index (Phi) is 2.89.